The van der Waals surface area contributed by atoms with Gasteiger partial charge in [0, 0.05) is 23.9 Å². The average Bonchev–Trinajstić information content (AvgIpc) is 2.26. The summed E-state index contributed by atoms with van der Waals surface area (Å²) < 4.78 is 5.68. The van der Waals surface area contributed by atoms with Crippen LogP contribution in [0, 0.1) is 5.92 Å². The van der Waals surface area contributed by atoms with Crippen LogP contribution >= 0.6 is 0 Å². The molecule has 0 aliphatic carbocycles. The summed E-state index contributed by atoms with van der Waals surface area (Å²) in [5.41, 5.74) is -0.749. The van der Waals surface area contributed by atoms with E-state index in [0.29, 0.717) is 12.8 Å². The van der Waals surface area contributed by atoms with Gasteiger partial charge in [0.15, 0.2) is 0 Å². The fourth-order valence-corrected chi connectivity index (χ4v) is 3.14. The highest BCUT2D eigenvalue weighted by atomic mass is 16.5. The van der Waals surface area contributed by atoms with Gasteiger partial charge in [-0.15, -0.1) is 0 Å². The number of ether oxygens (including phenoxy) is 1. The molecule has 0 radical (unpaired) electrons. The van der Waals surface area contributed by atoms with Crippen LogP contribution in [0.1, 0.15) is 67.2 Å². The van der Waals surface area contributed by atoms with E-state index in [-0.39, 0.29) is 29.1 Å². The second-order valence-corrected chi connectivity index (χ2v) is 6.92. The van der Waals surface area contributed by atoms with E-state index in [9.17, 15) is 10.0 Å². The molecule has 0 unspecified atom stereocenters. The maximum atomic E-state index is 12.1. The van der Waals surface area contributed by atoms with Crippen molar-refractivity contribution in [2.24, 2.45) is 5.92 Å². The lowest BCUT2D eigenvalue weighted by atomic mass is 9.80. The Kier molecular flexibility index (Phi) is 5.02. The van der Waals surface area contributed by atoms with E-state index in [1.807, 2.05) is 41.5 Å². The summed E-state index contributed by atoms with van der Waals surface area (Å²) in [6.07, 6.45) is 2.86. The summed E-state index contributed by atoms with van der Waals surface area (Å²) in [6, 6.07) is 0. The fraction of sp³-hybridized carbons (Fsp3) is 0.933. The van der Waals surface area contributed by atoms with Gasteiger partial charge < -0.3 is 9.94 Å². The Balaban J connectivity index is 2.73. The van der Waals surface area contributed by atoms with Crippen LogP contribution in [0.25, 0.3) is 0 Å². The molecule has 0 atom stereocenters. The summed E-state index contributed by atoms with van der Waals surface area (Å²) >= 11 is 0. The van der Waals surface area contributed by atoms with Crippen molar-refractivity contribution in [3.05, 3.63) is 0 Å². The fourth-order valence-electron chi connectivity index (χ4n) is 3.14. The number of rotatable bonds is 4. The van der Waals surface area contributed by atoms with E-state index in [0.717, 1.165) is 12.8 Å². The summed E-state index contributed by atoms with van der Waals surface area (Å²) in [6.45, 7) is 11.9. The molecule has 1 heterocycles. The minimum absolute atomic E-state index is 0.00150. The number of hydroxylamine groups is 2. The first-order valence-electron chi connectivity index (χ1n) is 7.33. The Hall–Kier alpha value is -0.610. The summed E-state index contributed by atoms with van der Waals surface area (Å²) in [5.74, 6) is -0.0913. The van der Waals surface area contributed by atoms with E-state index in [1.54, 1.807) is 0 Å². The molecule has 19 heavy (non-hydrogen) atoms. The normalized spacial score (nSPS) is 23.6. The predicted octanol–water partition coefficient (Wildman–Crippen LogP) is 3.38. The van der Waals surface area contributed by atoms with E-state index < -0.39 is 0 Å². The molecule has 1 N–H and O–H groups in total. The van der Waals surface area contributed by atoms with Gasteiger partial charge in [0.25, 0.3) is 0 Å². The van der Waals surface area contributed by atoms with Crippen molar-refractivity contribution >= 4 is 5.97 Å². The number of hydrogen-bond donors (Lipinski definition) is 1. The minimum atomic E-state index is -0.374. The number of carbonyl (C=O) groups excluding carboxylic acids is 1. The Morgan fingerprint density at radius 1 is 1.21 bits per heavy atom. The molecule has 0 aromatic rings. The van der Waals surface area contributed by atoms with Crippen molar-refractivity contribution in [3.8, 4) is 0 Å². The smallest absolute Gasteiger partial charge is 0.309 e. The number of nitrogens with zero attached hydrogens (tertiary/aromatic N) is 1. The van der Waals surface area contributed by atoms with Crippen LogP contribution in [-0.2, 0) is 9.53 Å². The number of piperidine rings is 1. The molecule has 1 saturated heterocycles. The zero-order valence-corrected chi connectivity index (χ0v) is 13.2. The van der Waals surface area contributed by atoms with Gasteiger partial charge in [-0.2, -0.15) is 5.06 Å². The highest BCUT2D eigenvalue weighted by Gasteiger charge is 2.46. The van der Waals surface area contributed by atoms with Crippen molar-refractivity contribution in [1.82, 2.24) is 5.06 Å². The topological polar surface area (TPSA) is 49.8 Å². The second-order valence-electron chi connectivity index (χ2n) is 6.92. The van der Waals surface area contributed by atoms with Crippen LogP contribution in [0.4, 0.5) is 0 Å². The van der Waals surface area contributed by atoms with Crippen molar-refractivity contribution in [3.63, 3.8) is 0 Å². The second kappa shape index (κ2) is 5.80. The molecule has 0 aromatic carbocycles. The number of hydrogen-bond acceptors (Lipinski definition) is 4. The van der Waals surface area contributed by atoms with Crippen molar-refractivity contribution in [1.29, 1.82) is 0 Å². The van der Waals surface area contributed by atoms with Crippen LogP contribution in [0.2, 0.25) is 0 Å². The molecule has 1 aliphatic heterocycles. The third-order valence-corrected chi connectivity index (χ3v) is 4.20. The zero-order valence-electron chi connectivity index (χ0n) is 13.2. The monoisotopic (exact) mass is 271 g/mol. The number of esters is 1. The minimum Gasteiger partial charge on any atom is -0.462 e. The molecule has 0 bridgehead atoms. The van der Waals surface area contributed by atoms with E-state index in [1.165, 1.54) is 5.06 Å². The average molecular weight is 271 g/mol. The van der Waals surface area contributed by atoms with Gasteiger partial charge in [-0.05, 0) is 40.5 Å². The lowest BCUT2D eigenvalue weighted by Crippen LogP contribution is -2.60. The highest BCUT2D eigenvalue weighted by Crippen LogP contribution is 2.38. The van der Waals surface area contributed by atoms with Gasteiger partial charge in [-0.25, -0.2) is 0 Å². The third-order valence-electron chi connectivity index (χ3n) is 4.20. The molecule has 1 fully saturated rings. The van der Waals surface area contributed by atoms with Crippen LogP contribution in [0.3, 0.4) is 0 Å². The molecule has 4 heteroatoms. The quantitative estimate of drug-likeness (QED) is 0.796. The highest BCUT2D eigenvalue weighted by molar-refractivity contribution is 5.72. The maximum absolute atomic E-state index is 12.1. The molecule has 1 rings (SSSR count). The van der Waals surface area contributed by atoms with Gasteiger partial charge in [0.2, 0.25) is 0 Å². The van der Waals surface area contributed by atoms with Crippen LogP contribution in [-0.4, -0.2) is 33.4 Å². The van der Waals surface area contributed by atoms with E-state index in [4.69, 9.17) is 4.74 Å². The maximum Gasteiger partial charge on any atom is 0.309 e. The predicted molar refractivity (Wildman–Crippen MR) is 75.0 cm³/mol. The number of carbonyl (C=O) groups is 1. The Bertz CT molecular complexity index is 303. The van der Waals surface area contributed by atoms with Crippen LogP contribution in [0.5, 0.6) is 0 Å². The van der Waals surface area contributed by atoms with Gasteiger partial charge in [-0.3, -0.25) is 4.79 Å². The molecular formula is C15H29NO3. The zero-order chi connectivity index (χ0) is 14.8. The van der Waals surface area contributed by atoms with Gasteiger partial charge in [-0.1, -0.05) is 13.8 Å². The summed E-state index contributed by atoms with van der Waals surface area (Å²) in [7, 11) is 0. The largest absolute Gasteiger partial charge is 0.462 e. The molecular weight excluding hydrogens is 242 g/mol. The van der Waals surface area contributed by atoms with Gasteiger partial charge >= 0.3 is 5.97 Å². The molecule has 1 aliphatic rings. The molecule has 0 spiro atoms. The lowest BCUT2D eigenvalue weighted by molar-refractivity contribution is -0.260. The van der Waals surface area contributed by atoms with Crippen molar-refractivity contribution in [2.45, 2.75) is 84.4 Å². The van der Waals surface area contributed by atoms with Gasteiger partial charge in [0.1, 0.15) is 6.10 Å². The first-order valence-corrected chi connectivity index (χ1v) is 7.33. The molecule has 0 saturated carbocycles. The van der Waals surface area contributed by atoms with Crippen LogP contribution in [0.15, 0.2) is 0 Å². The van der Waals surface area contributed by atoms with E-state index in [2.05, 4.69) is 0 Å². The molecule has 112 valence electrons. The molecule has 4 nitrogen and oxygen atoms in total. The van der Waals surface area contributed by atoms with Crippen LogP contribution < -0.4 is 0 Å². The third kappa shape index (κ3) is 3.69. The SMILES string of the molecule is CCC(CC)C(=O)OC1CC(C)(C)N(O)C(C)(C)C1. The molecule has 0 amide bonds. The first kappa shape index (κ1) is 16.4. The summed E-state index contributed by atoms with van der Waals surface area (Å²) in [4.78, 5) is 12.1. The van der Waals surface area contributed by atoms with Crippen molar-refractivity contribution < 1.29 is 14.7 Å². The summed E-state index contributed by atoms with van der Waals surface area (Å²) in [5, 5.41) is 11.6. The standard InChI is InChI=1S/C15H29NO3/c1-7-11(8-2)13(17)19-12-9-14(3,4)16(18)15(5,6)10-12/h11-12,18H,7-10H2,1-6H3. The lowest BCUT2D eigenvalue weighted by Gasteiger charge is -2.51. The Morgan fingerprint density at radius 2 is 1.63 bits per heavy atom. The van der Waals surface area contributed by atoms with Crippen molar-refractivity contribution in [2.75, 3.05) is 0 Å². The Morgan fingerprint density at radius 3 is 2.00 bits per heavy atom. The molecule has 0 aromatic heterocycles. The Labute approximate surface area is 117 Å². The first-order chi connectivity index (χ1) is 8.64. The van der Waals surface area contributed by atoms with E-state index >= 15 is 0 Å². The van der Waals surface area contributed by atoms with Gasteiger partial charge in [0.05, 0.1) is 5.92 Å².